The molecule has 3 rings (SSSR count). The van der Waals surface area contributed by atoms with Crippen LogP contribution in [-0.2, 0) is 4.79 Å². The van der Waals surface area contributed by atoms with Crippen LogP contribution in [-0.4, -0.2) is 24.1 Å². The highest BCUT2D eigenvalue weighted by Crippen LogP contribution is 2.38. The summed E-state index contributed by atoms with van der Waals surface area (Å²) in [5.74, 6) is -0.150. The molecule has 1 heterocycles. The second kappa shape index (κ2) is 5.70. The largest absolute Gasteiger partial charge is 0.313 e. The van der Waals surface area contributed by atoms with Crippen LogP contribution in [0.3, 0.4) is 0 Å². The van der Waals surface area contributed by atoms with E-state index < -0.39 is 0 Å². The van der Waals surface area contributed by atoms with E-state index in [-0.39, 0.29) is 22.8 Å². The van der Waals surface area contributed by atoms with Crippen LogP contribution in [0, 0.1) is 11.7 Å². The minimum Gasteiger partial charge on any atom is -0.313 e. The maximum atomic E-state index is 14.1. The summed E-state index contributed by atoms with van der Waals surface area (Å²) in [6, 6.07) is 6.55. The third-order valence-corrected chi connectivity index (χ3v) is 4.54. The lowest BCUT2D eigenvalue weighted by Crippen LogP contribution is -2.33. The van der Waals surface area contributed by atoms with E-state index in [9.17, 15) is 9.18 Å². The third-order valence-electron chi connectivity index (χ3n) is 3.97. The van der Waals surface area contributed by atoms with E-state index in [0.29, 0.717) is 17.7 Å². The molecule has 2 nitrogen and oxygen atoms in total. The van der Waals surface area contributed by atoms with Gasteiger partial charge in [0.25, 0.3) is 0 Å². The quantitative estimate of drug-likeness (QED) is 0.662. The molecule has 1 aromatic carbocycles. The second-order valence-electron chi connectivity index (χ2n) is 5.50. The number of hydrogen-bond donors (Lipinski definition) is 2. The lowest BCUT2D eigenvalue weighted by atomic mass is 9.89. The van der Waals surface area contributed by atoms with Gasteiger partial charge in [-0.05, 0) is 37.4 Å². The first-order chi connectivity index (χ1) is 9.68. The van der Waals surface area contributed by atoms with Gasteiger partial charge >= 0.3 is 0 Å². The molecule has 106 valence electrons. The van der Waals surface area contributed by atoms with Crippen LogP contribution in [0.25, 0.3) is 5.57 Å². The van der Waals surface area contributed by atoms with E-state index in [4.69, 9.17) is 0 Å². The van der Waals surface area contributed by atoms with E-state index >= 15 is 0 Å². The average molecular weight is 291 g/mol. The number of ketones is 1. The number of carbonyl (C=O) groups excluding carboxylic acids is 1. The van der Waals surface area contributed by atoms with Gasteiger partial charge in [-0.25, -0.2) is 4.39 Å². The van der Waals surface area contributed by atoms with E-state index in [1.54, 1.807) is 18.2 Å². The number of rotatable bonds is 3. The van der Waals surface area contributed by atoms with Gasteiger partial charge in [-0.2, -0.15) is 12.6 Å². The van der Waals surface area contributed by atoms with Crippen molar-refractivity contribution in [3.8, 4) is 0 Å². The van der Waals surface area contributed by atoms with Crippen molar-refractivity contribution in [3.05, 3.63) is 41.2 Å². The molecule has 0 radical (unpaired) electrons. The van der Waals surface area contributed by atoms with E-state index in [0.717, 1.165) is 31.4 Å². The average Bonchev–Trinajstić information content (AvgIpc) is 3.27. The number of carbonyl (C=O) groups is 1. The van der Waals surface area contributed by atoms with Crippen molar-refractivity contribution >= 4 is 24.0 Å². The van der Waals surface area contributed by atoms with Crippen LogP contribution in [0.4, 0.5) is 4.39 Å². The summed E-state index contributed by atoms with van der Waals surface area (Å²) in [5.41, 5.74) is 1.95. The lowest BCUT2D eigenvalue weighted by Gasteiger charge is -2.25. The van der Waals surface area contributed by atoms with E-state index in [1.165, 1.54) is 6.07 Å². The summed E-state index contributed by atoms with van der Waals surface area (Å²) in [6.45, 7) is 1.51. The molecule has 1 atom stereocenters. The van der Waals surface area contributed by atoms with Crippen molar-refractivity contribution in [1.29, 1.82) is 0 Å². The number of nitrogens with one attached hydrogen (secondary N) is 1. The van der Waals surface area contributed by atoms with Crippen LogP contribution in [0.5, 0.6) is 0 Å². The van der Waals surface area contributed by atoms with Crippen LogP contribution >= 0.6 is 12.6 Å². The van der Waals surface area contributed by atoms with Crippen LogP contribution in [0.2, 0.25) is 0 Å². The predicted molar refractivity (Wildman–Crippen MR) is 81.3 cm³/mol. The molecule has 0 amide bonds. The van der Waals surface area contributed by atoms with E-state index in [1.807, 2.05) is 0 Å². The Hall–Kier alpha value is -1.13. The molecule has 1 N–H and O–H groups in total. The molecule has 1 aromatic rings. The van der Waals surface area contributed by atoms with Crippen molar-refractivity contribution in [2.45, 2.75) is 24.5 Å². The zero-order valence-electron chi connectivity index (χ0n) is 11.2. The summed E-state index contributed by atoms with van der Waals surface area (Å²) < 4.78 is 14.1. The van der Waals surface area contributed by atoms with Crippen LogP contribution in [0.15, 0.2) is 29.8 Å². The summed E-state index contributed by atoms with van der Waals surface area (Å²) in [7, 11) is 0. The number of halogens is 1. The highest BCUT2D eigenvalue weighted by Gasteiger charge is 2.35. The minimum atomic E-state index is -0.324. The fourth-order valence-corrected chi connectivity index (χ4v) is 3.04. The zero-order valence-corrected chi connectivity index (χ0v) is 12.1. The molecule has 0 aromatic heterocycles. The fraction of sp³-hybridized carbons (Fsp3) is 0.438. The molecule has 2 fully saturated rings. The van der Waals surface area contributed by atoms with Gasteiger partial charge in [-0.15, -0.1) is 0 Å². The van der Waals surface area contributed by atoms with Crippen molar-refractivity contribution in [3.63, 3.8) is 0 Å². The molecule has 4 heteroatoms. The molecule has 1 saturated heterocycles. The Morgan fingerprint density at radius 2 is 2.00 bits per heavy atom. The predicted octanol–water partition coefficient (Wildman–Crippen LogP) is 2.85. The van der Waals surface area contributed by atoms with Crippen molar-refractivity contribution in [2.75, 3.05) is 13.1 Å². The van der Waals surface area contributed by atoms with Crippen molar-refractivity contribution < 1.29 is 9.18 Å². The monoisotopic (exact) mass is 291 g/mol. The molecule has 2 aliphatic rings. The maximum absolute atomic E-state index is 14.1. The number of Topliss-reactive ketones (excluding diaryl/α,β-unsaturated/α-hetero) is 1. The van der Waals surface area contributed by atoms with E-state index in [2.05, 4.69) is 17.9 Å². The standard InChI is InChI=1S/C16H18FNOS/c17-13-4-2-1-3-11(13)15(16(19)10-5-6-10)12-9-18-8-7-14(12)20/h1-4,10,14,18,20H,5-9H2/b15-12+. The first kappa shape index (κ1) is 13.8. The molecule has 20 heavy (non-hydrogen) atoms. The van der Waals surface area contributed by atoms with Gasteiger partial charge in [-0.3, -0.25) is 4.79 Å². The maximum Gasteiger partial charge on any atom is 0.166 e. The molecule has 1 saturated carbocycles. The normalized spacial score (nSPS) is 25.4. The topological polar surface area (TPSA) is 29.1 Å². The van der Waals surface area contributed by atoms with Gasteiger partial charge in [-0.1, -0.05) is 18.2 Å². The number of thiol groups is 1. The smallest absolute Gasteiger partial charge is 0.166 e. The Kier molecular flexibility index (Phi) is 3.94. The molecule has 1 aliphatic carbocycles. The Morgan fingerprint density at radius 1 is 1.25 bits per heavy atom. The third kappa shape index (κ3) is 2.67. The SMILES string of the molecule is O=C(/C(=C1\CNCCC1S)c1ccccc1F)C1CC1. The Labute approximate surface area is 123 Å². The van der Waals surface area contributed by atoms with Gasteiger partial charge in [0, 0.05) is 28.8 Å². The number of benzene rings is 1. The van der Waals surface area contributed by atoms with Crippen LogP contribution < -0.4 is 5.32 Å². The summed E-state index contributed by atoms with van der Waals surface area (Å²) in [5, 5.41) is 3.30. The Morgan fingerprint density at radius 3 is 2.65 bits per heavy atom. The van der Waals surface area contributed by atoms with Crippen LogP contribution in [0.1, 0.15) is 24.8 Å². The van der Waals surface area contributed by atoms with Gasteiger partial charge in [0.2, 0.25) is 0 Å². The van der Waals surface area contributed by atoms with Crippen molar-refractivity contribution in [2.24, 2.45) is 5.92 Å². The number of allylic oxidation sites excluding steroid dienone is 1. The highest BCUT2D eigenvalue weighted by atomic mass is 32.1. The molecular weight excluding hydrogens is 273 g/mol. The van der Waals surface area contributed by atoms with Crippen molar-refractivity contribution in [1.82, 2.24) is 5.32 Å². The lowest BCUT2D eigenvalue weighted by molar-refractivity contribution is -0.114. The minimum absolute atomic E-state index is 0.0357. The first-order valence-electron chi connectivity index (χ1n) is 7.09. The summed E-state index contributed by atoms with van der Waals surface area (Å²) >= 11 is 4.59. The summed E-state index contributed by atoms with van der Waals surface area (Å²) in [6.07, 6.45) is 2.72. The molecule has 0 spiro atoms. The Bertz CT molecular complexity index is 565. The molecule has 1 aliphatic heterocycles. The highest BCUT2D eigenvalue weighted by molar-refractivity contribution is 7.81. The van der Waals surface area contributed by atoms with Gasteiger partial charge in [0.15, 0.2) is 5.78 Å². The molecular formula is C16H18FNOS. The van der Waals surface area contributed by atoms with Gasteiger partial charge in [0.1, 0.15) is 5.82 Å². The summed E-state index contributed by atoms with van der Waals surface area (Å²) in [4.78, 5) is 12.6. The number of hydrogen-bond acceptors (Lipinski definition) is 3. The fourth-order valence-electron chi connectivity index (χ4n) is 2.69. The molecule has 0 bridgehead atoms. The first-order valence-corrected chi connectivity index (χ1v) is 7.61. The van der Waals surface area contributed by atoms with Gasteiger partial charge in [0.05, 0.1) is 0 Å². The Balaban J connectivity index is 2.10. The zero-order chi connectivity index (χ0) is 14.1. The van der Waals surface area contributed by atoms with Gasteiger partial charge < -0.3 is 5.32 Å². The number of piperidine rings is 1. The second-order valence-corrected chi connectivity index (χ2v) is 6.12. The molecule has 1 unspecified atom stereocenters.